The summed E-state index contributed by atoms with van der Waals surface area (Å²) in [7, 11) is 0. The second kappa shape index (κ2) is 6.82. The monoisotopic (exact) mass is 305 g/mol. The third-order valence-corrected chi connectivity index (χ3v) is 4.40. The summed E-state index contributed by atoms with van der Waals surface area (Å²) < 4.78 is 1.91. The minimum Gasteiger partial charge on any atom is -0.355 e. The maximum atomic E-state index is 11.8. The largest absolute Gasteiger partial charge is 0.355 e. The third kappa shape index (κ3) is 3.89. The van der Waals surface area contributed by atoms with Crippen LogP contribution in [0.3, 0.4) is 0 Å². The van der Waals surface area contributed by atoms with Crippen molar-refractivity contribution in [1.29, 1.82) is 0 Å². The van der Waals surface area contributed by atoms with Crippen LogP contribution in [-0.4, -0.2) is 39.8 Å². The molecule has 0 saturated heterocycles. The zero-order valence-corrected chi connectivity index (χ0v) is 12.6. The van der Waals surface area contributed by atoms with E-state index in [1.165, 1.54) is 5.56 Å². The molecular formula is C14H19N5OS. The Morgan fingerprint density at radius 2 is 2.48 bits per heavy atom. The Hall–Kier alpha value is -1.73. The SMILES string of the molecule is O=C(CN[C@@H]1CCc2ncnn2C1)NCCc1ccsc1. The van der Waals surface area contributed by atoms with Crippen molar-refractivity contribution >= 4 is 17.2 Å². The van der Waals surface area contributed by atoms with Gasteiger partial charge in [-0.25, -0.2) is 9.67 Å². The Kier molecular flexibility index (Phi) is 4.62. The van der Waals surface area contributed by atoms with Gasteiger partial charge in [-0.15, -0.1) is 0 Å². The van der Waals surface area contributed by atoms with Crippen molar-refractivity contribution in [2.24, 2.45) is 0 Å². The number of aryl methyl sites for hydroxylation is 1. The molecule has 0 fully saturated rings. The van der Waals surface area contributed by atoms with Crippen LogP contribution >= 0.6 is 11.3 Å². The van der Waals surface area contributed by atoms with Crippen molar-refractivity contribution in [2.75, 3.05) is 13.1 Å². The van der Waals surface area contributed by atoms with Gasteiger partial charge in [0.25, 0.3) is 0 Å². The number of fused-ring (bicyclic) bond motifs is 1. The highest BCUT2D eigenvalue weighted by Gasteiger charge is 2.19. The number of aromatic nitrogens is 3. The number of hydrogen-bond donors (Lipinski definition) is 2. The third-order valence-electron chi connectivity index (χ3n) is 3.67. The number of carbonyl (C=O) groups is 1. The second-order valence-electron chi connectivity index (χ2n) is 5.21. The maximum absolute atomic E-state index is 11.8. The van der Waals surface area contributed by atoms with Gasteiger partial charge in [0.2, 0.25) is 5.91 Å². The number of thiophene rings is 1. The molecule has 1 aliphatic heterocycles. The lowest BCUT2D eigenvalue weighted by Gasteiger charge is -2.23. The van der Waals surface area contributed by atoms with Crippen LogP contribution in [0, 0.1) is 0 Å². The summed E-state index contributed by atoms with van der Waals surface area (Å²) in [6, 6.07) is 2.38. The number of hydrogen-bond acceptors (Lipinski definition) is 5. The molecule has 6 nitrogen and oxygen atoms in total. The van der Waals surface area contributed by atoms with Crippen molar-refractivity contribution in [3.63, 3.8) is 0 Å². The Bertz CT molecular complexity index is 580. The van der Waals surface area contributed by atoms with Crippen LogP contribution in [0.25, 0.3) is 0 Å². The van der Waals surface area contributed by atoms with Gasteiger partial charge in [0.1, 0.15) is 12.2 Å². The van der Waals surface area contributed by atoms with Crippen molar-refractivity contribution in [1.82, 2.24) is 25.4 Å². The van der Waals surface area contributed by atoms with E-state index >= 15 is 0 Å². The molecule has 21 heavy (non-hydrogen) atoms. The number of nitrogens with zero attached hydrogens (tertiary/aromatic N) is 3. The lowest BCUT2D eigenvalue weighted by molar-refractivity contribution is -0.120. The normalized spacial score (nSPS) is 17.4. The van der Waals surface area contributed by atoms with Gasteiger partial charge in [0, 0.05) is 19.0 Å². The minimum atomic E-state index is 0.0506. The van der Waals surface area contributed by atoms with Crippen molar-refractivity contribution in [3.8, 4) is 0 Å². The highest BCUT2D eigenvalue weighted by Crippen LogP contribution is 2.10. The molecule has 0 spiro atoms. The summed E-state index contributed by atoms with van der Waals surface area (Å²) >= 11 is 1.68. The van der Waals surface area contributed by atoms with E-state index < -0.39 is 0 Å². The predicted octanol–water partition coefficient (Wildman–Crippen LogP) is 0.603. The zero-order valence-electron chi connectivity index (χ0n) is 11.8. The first-order valence-electron chi connectivity index (χ1n) is 7.19. The van der Waals surface area contributed by atoms with Crippen LogP contribution in [0.15, 0.2) is 23.2 Å². The van der Waals surface area contributed by atoms with Crippen molar-refractivity contribution in [3.05, 3.63) is 34.5 Å². The molecule has 0 aromatic carbocycles. The molecule has 1 aliphatic rings. The van der Waals surface area contributed by atoms with Crippen LogP contribution in [0.1, 0.15) is 17.8 Å². The summed E-state index contributed by atoms with van der Waals surface area (Å²) in [6.45, 7) is 1.84. The number of rotatable bonds is 6. The maximum Gasteiger partial charge on any atom is 0.233 e. The molecule has 3 rings (SSSR count). The van der Waals surface area contributed by atoms with Crippen LogP contribution in [0.4, 0.5) is 0 Å². The highest BCUT2D eigenvalue weighted by molar-refractivity contribution is 7.07. The minimum absolute atomic E-state index is 0.0506. The molecule has 0 radical (unpaired) electrons. The number of carbonyl (C=O) groups excluding carboxylic acids is 1. The lowest BCUT2D eigenvalue weighted by Crippen LogP contribution is -2.43. The Balaban J connectivity index is 1.34. The van der Waals surface area contributed by atoms with Gasteiger partial charge in [-0.05, 0) is 35.2 Å². The van der Waals surface area contributed by atoms with Gasteiger partial charge in [0.05, 0.1) is 13.1 Å². The summed E-state index contributed by atoms with van der Waals surface area (Å²) in [5, 5.41) is 14.6. The molecule has 0 saturated carbocycles. The average molecular weight is 305 g/mol. The van der Waals surface area contributed by atoms with Gasteiger partial charge in [0.15, 0.2) is 0 Å². The van der Waals surface area contributed by atoms with Gasteiger partial charge in [-0.1, -0.05) is 0 Å². The van der Waals surface area contributed by atoms with E-state index in [1.807, 2.05) is 4.68 Å². The Labute approximate surface area is 127 Å². The van der Waals surface area contributed by atoms with Crippen LogP contribution in [-0.2, 0) is 24.2 Å². The first-order chi connectivity index (χ1) is 10.3. The molecule has 2 aromatic rings. The van der Waals surface area contributed by atoms with Gasteiger partial charge in [-0.3, -0.25) is 4.79 Å². The van der Waals surface area contributed by atoms with Crippen LogP contribution < -0.4 is 10.6 Å². The standard InChI is InChI=1S/C14H19N5OS/c20-14(15-5-3-11-4-6-21-9-11)7-16-12-1-2-13-17-10-18-19(13)8-12/h4,6,9-10,12,16H,1-3,5,7-8H2,(H,15,20)/t12-/m1/s1. The van der Waals surface area contributed by atoms with Gasteiger partial charge >= 0.3 is 0 Å². The zero-order chi connectivity index (χ0) is 14.5. The fourth-order valence-electron chi connectivity index (χ4n) is 2.48. The quantitative estimate of drug-likeness (QED) is 0.820. The van der Waals surface area contributed by atoms with Crippen molar-refractivity contribution < 1.29 is 4.79 Å². The smallest absolute Gasteiger partial charge is 0.233 e. The van der Waals surface area contributed by atoms with Crippen LogP contribution in [0.2, 0.25) is 0 Å². The average Bonchev–Trinajstić information content (AvgIpc) is 3.15. The van der Waals surface area contributed by atoms with E-state index in [0.717, 1.165) is 31.6 Å². The molecule has 1 atom stereocenters. The first-order valence-corrected chi connectivity index (χ1v) is 8.13. The van der Waals surface area contributed by atoms with Crippen molar-refractivity contribution in [2.45, 2.75) is 31.8 Å². The van der Waals surface area contributed by atoms with E-state index in [9.17, 15) is 4.79 Å². The Morgan fingerprint density at radius 3 is 3.33 bits per heavy atom. The molecule has 112 valence electrons. The fraction of sp³-hybridized carbons (Fsp3) is 0.500. The summed E-state index contributed by atoms with van der Waals surface area (Å²) in [6.07, 6.45) is 4.40. The van der Waals surface area contributed by atoms with E-state index in [0.29, 0.717) is 19.1 Å². The number of amides is 1. The lowest BCUT2D eigenvalue weighted by atomic mass is 10.1. The number of nitrogens with one attached hydrogen (secondary N) is 2. The molecule has 0 unspecified atom stereocenters. The molecule has 2 N–H and O–H groups in total. The van der Waals surface area contributed by atoms with E-state index in [1.54, 1.807) is 17.7 Å². The molecule has 0 bridgehead atoms. The molecule has 3 heterocycles. The molecule has 2 aromatic heterocycles. The second-order valence-corrected chi connectivity index (χ2v) is 5.99. The molecule has 7 heteroatoms. The fourth-order valence-corrected chi connectivity index (χ4v) is 3.19. The summed E-state index contributed by atoms with van der Waals surface area (Å²) in [4.78, 5) is 16.0. The predicted molar refractivity (Wildman–Crippen MR) is 81.2 cm³/mol. The summed E-state index contributed by atoms with van der Waals surface area (Å²) in [5.74, 6) is 1.09. The van der Waals surface area contributed by atoms with Crippen LogP contribution in [0.5, 0.6) is 0 Å². The molecule has 1 amide bonds. The molecular weight excluding hydrogens is 286 g/mol. The van der Waals surface area contributed by atoms with E-state index in [-0.39, 0.29) is 5.91 Å². The highest BCUT2D eigenvalue weighted by atomic mass is 32.1. The Morgan fingerprint density at radius 1 is 1.52 bits per heavy atom. The van der Waals surface area contributed by atoms with Gasteiger partial charge in [-0.2, -0.15) is 16.4 Å². The first kappa shape index (κ1) is 14.2. The topological polar surface area (TPSA) is 71.8 Å². The van der Waals surface area contributed by atoms with E-state index in [4.69, 9.17) is 0 Å². The molecule has 0 aliphatic carbocycles. The van der Waals surface area contributed by atoms with E-state index in [2.05, 4.69) is 37.5 Å². The summed E-state index contributed by atoms with van der Waals surface area (Å²) in [5.41, 5.74) is 1.28. The van der Waals surface area contributed by atoms with Gasteiger partial charge < -0.3 is 10.6 Å².